The lowest BCUT2D eigenvalue weighted by atomic mass is 9.87. The molecule has 1 unspecified atom stereocenters. The minimum absolute atomic E-state index is 0.660. The highest BCUT2D eigenvalue weighted by molar-refractivity contribution is 6.30. The van der Waals surface area contributed by atoms with Crippen LogP contribution in [0.3, 0.4) is 0 Å². The Morgan fingerprint density at radius 2 is 1.62 bits per heavy atom. The van der Waals surface area contributed by atoms with Crippen LogP contribution in [0.4, 0.5) is 0 Å². The fourth-order valence-electron chi connectivity index (χ4n) is 2.47. The number of benzene rings is 2. The van der Waals surface area contributed by atoms with Gasteiger partial charge < -0.3 is 5.11 Å². The molecule has 1 N–H and O–H groups in total. The predicted octanol–water partition coefficient (Wildman–Crippen LogP) is 4.45. The monoisotopic (exact) mass is 297 g/mol. The fourth-order valence-corrected chi connectivity index (χ4v) is 2.60. The number of rotatable bonds is 2. The molecule has 3 heteroatoms. The largest absolute Gasteiger partial charge is 0.381 e. The summed E-state index contributed by atoms with van der Waals surface area (Å²) in [4.78, 5) is 4.48. The van der Waals surface area contributed by atoms with E-state index in [4.69, 9.17) is 11.6 Å². The molecule has 3 aromatic rings. The molecule has 0 saturated carbocycles. The molecule has 1 atom stereocenters. The first-order valence-electron chi connectivity index (χ1n) is 6.83. The summed E-state index contributed by atoms with van der Waals surface area (Å²) in [5, 5.41) is 12.6. The van der Waals surface area contributed by atoms with Gasteiger partial charge in [-0.15, -0.1) is 0 Å². The molecule has 1 aromatic heterocycles. The summed E-state index contributed by atoms with van der Waals surface area (Å²) < 4.78 is 0. The number of halogens is 1. The molecule has 21 heavy (non-hydrogen) atoms. The van der Waals surface area contributed by atoms with E-state index in [9.17, 15) is 5.11 Å². The molecule has 0 spiro atoms. The van der Waals surface area contributed by atoms with Crippen LogP contribution in [0.2, 0.25) is 5.02 Å². The van der Waals surface area contributed by atoms with Crippen LogP contribution in [-0.4, -0.2) is 10.1 Å². The third kappa shape index (κ3) is 2.65. The van der Waals surface area contributed by atoms with Crippen molar-refractivity contribution < 1.29 is 5.11 Å². The Morgan fingerprint density at radius 3 is 2.33 bits per heavy atom. The van der Waals surface area contributed by atoms with E-state index in [0.717, 1.165) is 27.7 Å². The summed E-state index contributed by atoms with van der Waals surface area (Å²) in [7, 11) is 0. The van der Waals surface area contributed by atoms with E-state index >= 15 is 0 Å². The first-order chi connectivity index (χ1) is 9.96. The predicted molar refractivity (Wildman–Crippen MR) is 86.6 cm³/mol. The second kappa shape index (κ2) is 5.14. The Labute approximate surface area is 129 Å². The summed E-state index contributed by atoms with van der Waals surface area (Å²) in [6, 6.07) is 17.1. The molecule has 2 aromatic carbocycles. The van der Waals surface area contributed by atoms with Crippen LogP contribution in [0.25, 0.3) is 10.9 Å². The van der Waals surface area contributed by atoms with Crippen LogP contribution in [0.1, 0.15) is 23.7 Å². The molecular formula is C18H16ClNO. The quantitative estimate of drug-likeness (QED) is 0.758. The number of pyridine rings is 1. The number of hydrogen-bond donors (Lipinski definition) is 1. The molecular weight excluding hydrogens is 282 g/mol. The van der Waals surface area contributed by atoms with E-state index in [2.05, 4.69) is 4.98 Å². The summed E-state index contributed by atoms with van der Waals surface area (Å²) in [5.74, 6) is 0. The zero-order valence-corrected chi connectivity index (χ0v) is 12.7. The highest BCUT2D eigenvalue weighted by atomic mass is 35.5. The highest BCUT2D eigenvalue weighted by Gasteiger charge is 2.25. The Bertz CT molecular complexity index is 794. The number of aromatic nitrogens is 1. The standard InChI is InChI=1S/C18H16ClNO/c1-12-3-4-13-11-15(7-10-17(13)20-12)18(2,21)14-5-8-16(19)9-6-14/h3-11,21H,1-2H3. The normalized spacial score (nSPS) is 14.1. The van der Waals surface area contributed by atoms with Gasteiger partial charge in [-0.1, -0.05) is 35.9 Å². The number of hydrogen-bond acceptors (Lipinski definition) is 2. The van der Waals surface area contributed by atoms with E-state index in [-0.39, 0.29) is 0 Å². The van der Waals surface area contributed by atoms with Crippen molar-refractivity contribution in [1.29, 1.82) is 0 Å². The summed E-state index contributed by atoms with van der Waals surface area (Å²) in [5.41, 5.74) is 2.50. The van der Waals surface area contributed by atoms with E-state index in [1.54, 1.807) is 19.1 Å². The maximum Gasteiger partial charge on any atom is 0.112 e. The third-order valence-electron chi connectivity index (χ3n) is 3.80. The smallest absolute Gasteiger partial charge is 0.112 e. The molecule has 0 saturated heterocycles. The van der Waals surface area contributed by atoms with Crippen molar-refractivity contribution in [3.8, 4) is 0 Å². The van der Waals surface area contributed by atoms with Gasteiger partial charge >= 0.3 is 0 Å². The lowest BCUT2D eigenvalue weighted by molar-refractivity contribution is 0.102. The average molecular weight is 298 g/mol. The molecule has 1 heterocycles. The SMILES string of the molecule is Cc1ccc2cc(C(C)(O)c3ccc(Cl)cc3)ccc2n1. The van der Waals surface area contributed by atoms with E-state index in [1.165, 1.54) is 0 Å². The summed E-state index contributed by atoms with van der Waals surface area (Å²) in [6.07, 6.45) is 0. The first-order valence-corrected chi connectivity index (χ1v) is 7.21. The van der Waals surface area contributed by atoms with Gasteiger partial charge in [-0.25, -0.2) is 0 Å². The fraction of sp³-hybridized carbons (Fsp3) is 0.167. The lowest BCUT2D eigenvalue weighted by Gasteiger charge is -2.25. The van der Waals surface area contributed by atoms with Crippen molar-refractivity contribution >= 4 is 22.5 Å². The van der Waals surface area contributed by atoms with Crippen molar-refractivity contribution in [3.05, 3.63) is 76.4 Å². The van der Waals surface area contributed by atoms with Crippen LogP contribution in [0.5, 0.6) is 0 Å². The van der Waals surface area contributed by atoms with Crippen molar-refractivity contribution in [1.82, 2.24) is 4.98 Å². The van der Waals surface area contributed by atoms with Crippen molar-refractivity contribution in [2.24, 2.45) is 0 Å². The molecule has 0 radical (unpaired) electrons. The Balaban J connectivity index is 2.09. The molecule has 0 aliphatic carbocycles. The Morgan fingerprint density at radius 1 is 0.952 bits per heavy atom. The number of aryl methyl sites for hydroxylation is 1. The van der Waals surface area contributed by atoms with Crippen molar-refractivity contribution in [3.63, 3.8) is 0 Å². The van der Waals surface area contributed by atoms with Gasteiger partial charge in [-0.3, -0.25) is 4.98 Å². The number of nitrogens with zero attached hydrogens (tertiary/aromatic N) is 1. The molecule has 106 valence electrons. The average Bonchev–Trinajstić information content (AvgIpc) is 2.47. The van der Waals surface area contributed by atoms with Gasteiger partial charge in [0.25, 0.3) is 0 Å². The molecule has 3 rings (SSSR count). The van der Waals surface area contributed by atoms with Crippen LogP contribution >= 0.6 is 11.6 Å². The van der Waals surface area contributed by atoms with Crippen LogP contribution in [-0.2, 0) is 5.60 Å². The third-order valence-corrected chi connectivity index (χ3v) is 4.05. The Kier molecular flexibility index (Phi) is 3.44. The van der Waals surface area contributed by atoms with Gasteiger partial charge in [0.15, 0.2) is 0 Å². The molecule has 0 fully saturated rings. The van der Waals surface area contributed by atoms with Gasteiger partial charge in [0.05, 0.1) is 5.52 Å². The van der Waals surface area contributed by atoms with Gasteiger partial charge in [-0.2, -0.15) is 0 Å². The van der Waals surface area contributed by atoms with Crippen LogP contribution in [0.15, 0.2) is 54.6 Å². The zero-order valence-electron chi connectivity index (χ0n) is 12.0. The molecule has 0 aliphatic rings. The first kappa shape index (κ1) is 14.1. The summed E-state index contributed by atoms with van der Waals surface area (Å²) in [6.45, 7) is 3.76. The van der Waals surface area contributed by atoms with Crippen molar-refractivity contribution in [2.45, 2.75) is 19.4 Å². The second-order valence-corrected chi connectivity index (χ2v) is 5.88. The molecule has 2 nitrogen and oxygen atoms in total. The molecule has 0 aliphatic heterocycles. The molecule has 0 amide bonds. The Hall–Kier alpha value is -1.90. The maximum absolute atomic E-state index is 10.9. The maximum atomic E-state index is 10.9. The van der Waals surface area contributed by atoms with Crippen LogP contribution < -0.4 is 0 Å². The molecule has 0 bridgehead atoms. The minimum atomic E-state index is -1.07. The van der Waals surface area contributed by atoms with Crippen molar-refractivity contribution in [2.75, 3.05) is 0 Å². The number of fused-ring (bicyclic) bond motifs is 1. The lowest BCUT2D eigenvalue weighted by Crippen LogP contribution is -2.22. The van der Waals surface area contributed by atoms with Gasteiger partial charge in [-0.05, 0) is 55.3 Å². The van der Waals surface area contributed by atoms with Gasteiger partial charge in [0.2, 0.25) is 0 Å². The summed E-state index contributed by atoms with van der Waals surface area (Å²) >= 11 is 5.91. The van der Waals surface area contributed by atoms with E-state index < -0.39 is 5.60 Å². The highest BCUT2D eigenvalue weighted by Crippen LogP contribution is 2.31. The van der Waals surface area contributed by atoms with Gasteiger partial charge in [0, 0.05) is 16.1 Å². The zero-order chi connectivity index (χ0) is 15.0. The topological polar surface area (TPSA) is 33.1 Å². The van der Waals surface area contributed by atoms with E-state index in [0.29, 0.717) is 5.02 Å². The van der Waals surface area contributed by atoms with E-state index in [1.807, 2.05) is 49.4 Å². The number of aliphatic hydroxyl groups is 1. The second-order valence-electron chi connectivity index (χ2n) is 5.44. The van der Waals surface area contributed by atoms with Gasteiger partial charge in [0.1, 0.15) is 5.60 Å². The minimum Gasteiger partial charge on any atom is -0.381 e. The van der Waals surface area contributed by atoms with Crippen LogP contribution in [0, 0.1) is 6.92 Å².